The van der Waals surface area contributed by atoms with Crippen molar-refractivity contribution in [2.75, 3.05) is 13.6 Å². The van der Waals surface area contributed by atoms with E-state index < -0.39 is 10.0 Å². The second-order valence-corrected chi connectivity index (χ2v) is 8.14. The molecule has 0 aliphatic rings. The molecule has 0 rings (SSSR count). The number of likely N-dealkylation sites (N-methyl/N-ethyl adjacent to an activating group) is 1. The zero-order valence-corrected chi connectivity index (χ0v) is 13.0. The maximum atomic E-state index is 12.0. The summed E-state index contributed by atoms with van der Waals surface area (Å²) >= 11 is 0. The van der Waals surface area contributed by atoms with Gasteiger partial charge in [0.2, 0.25) is 10.0 Å². The topological polar surface area (TPSA) is 49.4 Å². The minimum Gasteiger partial charge on any atom is -0.310 e. The average molecular weight is 264 g/mol. The number of hydrogen-bond donors (Lipinski definition) is 1. The number of nitrogens with one attached hydrogen (secondary N) is 1. The lowest BCUT2D eigenvalue weighted by molar-refractivity contribution is 0.311. The van der Waals surface area contributed by atoms with Gasteiger partial charge in [0.1, 0.15) is 0 Å². The summed E-state index contributed by atoms with van der Waals surface area (Å²) in [4.78, 5) is 0. The summed E-state index contributed by atoms with van der Waals surface area (Å²) in [5.74, 6) is 0.405. The molecular formula is C12H28N2O2S. The summed E-state index contributed by atoms with van der Waals surface area (Å²) in [5, 5.41) is 3.05. The van der Waals surface area contributed by atoms with E-state index in [4.69, 9.17) is 0 Å². The normalized spacial score (nSPS) is 15.2. The fraction of sp³-hybridized carbons (Fsp3) is 1.00. The molecule has 0 spiro atoms. The summed E-state index contributed by atoms with van der Waals surface area (Å²) < 4.78 is 25.4. The van der Waals surface area contributed by atoms with Gasteiger partial charge in [0.05, 0.1) is 5.25 Å². The Kier molecular flexibility index (Phi) is 6.66. The Morgan fingerprint density at radius 2 is 1.53 bits per heavy atom. The highest BCUT2D eigenvalue weighted by Crippen LogP contribution is 2.11. The fourth-order valence-corrected chi connectivity index (χ4v) is 2.71. The molecule has 0 heterocycles. The van der Waals surface area contributed by atoms with E-state index in [1.807, 2.05) is 0 Å². The monoisotopic (exact) mass is 264 g/mol. The van der Waals surface area contributed by atoms with Crippen LogP contribution < -0.4 is 5.32 Å². The van der Waals surface area contributed by atoms with Crippen molar-refractivity contribution >= 4 is 10.0 Å². The largest absolute Gasteiger partial charge is 0.310 e. The number of rotatable bonds is 7. The second kappa shape index (κ2) is 6.71. The van der Waals surface area contributed by atoms with E-state index in [2.05, 4.69) is 33.0 Å². The first-order valence-electron chi connectivity index (χ1n) is 6.30. The molecule has 0 aromatic heterocycles. The second-order valence-electron chi connectivity index (χ2n) is 5.55. The molecule has 1 N–H and O–H groups in total. The summed E-state index contributed by atoms with van der Waals surface area (Å²) in [7, 11) is -1.49. The van der Waals surface area contributed by atoms with Crippen LogP contribution in [0, 0.1) is 5.92 Å². The van der Waals surface area contributed by atoms with Crippen molar-refractivity contribution in [3.8, 4) is 0 Å². The van der Waals surface area contributed by atoms with E-state index in [1.54, 1.807) is 20.9 Å². The van der Waals surface area contributed by atoms with Crippen molar-refractivity contribution in [1.29, 1.82) is 0 Å². The maximum Gasteiger partial charge on any atom is 0.216 e. The zero-order valence-electron chi connectivity index (χ0n) is 12.2. The third kappa shape index (κ3) is 5.36. The van der Waals surface area contributed by atoms with E-state index in [1.165, 1.54) is 4.31 Å². The van der Waals surface area contributed by atoms with Gasteiger partial charge in [-0.1, -0.05) is 27.7 Å². The van der Waals surface area contributed by atoms with Crippen LogP contribution >= 0.6 is 0 Å². The van der Waals surface area contributed by atoms with Crippen molar-refractivity contribution < 1.29 is 8.42 Å². The van der Waals surface area contributed by atoms with Crippen molar-refractivity contribution in [3.05, 3.63) is 0 Å². The Morgan fingerprint density at radius 1 is 1.06 bits per heavy atom. The van der Waals surface area contributed by atoms with Gasteiger partial charge in [-0.3, -0.25) is 0 Å². The SMILES string of the molecule is CC(C)N[C@H](CN(C)S(=O)(=O)C(C)C)C(C)C. The van der Waals surface area contributed by atoms with E-state index in [0.717, 1.165) is 0 Å². The minimum atomic E-state index is -3.15. The van der Waals surface area contributed by atoms with E-state index >= 15 is 0 Å². The van der Waals surface area contributed by atoms with E-state index in [9.17, 15) is 8.42 Å². The highest BCUT2D eigenvalue weighted by atomic mass is 32.2. The van der Waals surface area contributed by atoms with Gasteiger partial charge in [-0.15, -0.1) is 0 Å². The summed E-state index contributed by atoms with van der Waals surface area (Å²) in [6.07, 6.45) is 0. The Bertz CT molecular complexity index is 310. The number of hydrogen-bond acceptors (Lipinski definition) is 3. The number of nitrogens with zero attached hydrogens (tertiary/aromatic N) is 1. The molecule has 0 aromatic rings. The molecule has 0 amide bonds. The highest BCUT2D eigenvalue weighted by Gasteiger charge is 2.26. The molecule has 104 valence electrons. The van der Waals surface area contributed by atoms with Gasteiger partial charge in [0.15, 0.2) is 0 Å². The Labute approximate surface area is 107 Å². The van der Waals surface area contributed by atoms with Crippen LogP contribution in [0.5, 0.6) is 0 Å². The molecule has 0 bridgehead atoms. The lowest BCUT2D eigenvalue weighted by Crippen LogP contribution is -2.48. The van der Waals surface area contributed by atoms with Crippen LogP contribution in [0.4, 0.5) is 0 Å². The quantitative estimate of drug-likeness (QED) is 0.761. The van der Waals surface area contributed by atoms with Crippen LogP contribution in [0.1, 0.15) is 41.5 Å². The Balaban J connectivity index is 4.67. The molecule has 0 unspecified atom stereocenters. The van der Waals surface area contributed by atoms with Gasteiger partial charge in [0.25, 0.3) is 0 Å². The van der Waals surface area contributed by atoms with Gasteiger partial charge in [-0.2, -0.15) is 0 Å². The summed E-state index contributed by atoms with van der Waals surface area (Å²) in [5.41, 5.74) is 0. The molecule has 0 aliphatic carbocycles. The molecule has 1 atom stereocenters. The van der Waals surface area contributed by atoms with E-state index in [-0.39, 0.29) is 11.3 Å². The fourth-order valence-electron chi connectivity index (χ4n) is 1.62. The molecule has 0 aliphatic heterocycles. The van der Waals surface area contributed by atoms with Gasteiger partial charge in [-0.25, -0.2) is 12.7 Å². The third-order valence-corrected chi connectivity index (χ3v) is 5.05. The van der Waals surface area contributed by atoms with Crippen molar-refractivity contribution in [2.24, 2.45) is 5.92 Å². The lowest BCUT2D eigenvalue weighted by Gasteiger charge is -2.30. The molecular weight excluding hydrogens is 236 g/mol. The average Bonchev–Trinajstić information content (AvgIpc) is 2.15. The predicted molar refractivity (Wildman–Crippen MR) is 73.6 cm³/mol. The molecule has 5 heteroatoms. The lowest BCUT2D eigenvalue weighted by atomic mass is 10.0. The zero-order chi connectivity index (χ0) is 13.8. The van der Waals surface area contributed by atoms with Gasteiger partial charge in [-0.05, 0) is 19.8 Å². The molecule has 0 radical (unpaired) electrons. The smallest absolute Gasteiger partial charge is 0.216 e. The summed E-state index contributed by atoms with van der Waals surface area (Å²) in [6.45, 7) is 12.3. The molecule has 17 heavy (non-hydrogen) atoms. The molecule has 0 aromatic carbocycles. The highest BCUT2D eigenvalue weighted by molar-refractivity contribution is 7.89. The third-order valence-electron chi connectivity index (χ3n) is 2.84. The first-order valence-corrected chi connectivity index (χ1v) is 7.80. The van der Waals surface area contributed by atoms with Crippen molar-refractivity contribution in [2.45, 2.75) is 58.9 Å². The molecule has 0 saturated heterocycles. The standard InChI is InChI=1S/C12H28N2O2S/c1-9(2)12(13-10(3)4)8-14(7)17(15,16)11(5)6/h9-13H,8H2,1-7H3/t12-/m1/s1. The Hall–Kier alpha value is -0.130. The van der Waals surface area contributed by atoms with Crippen LogP contribution in [-0.4, -0.2) is 43.6 Å². The van der Waals surface area contributed by atoms with Gasteiger partial charge in [0, 0.05) is 25.7 Å². The molecule has 0 fully saturated rings. The van der Waals surface area contributed by atoms with E-state index in [0.29, 0.717) is 18.5 Å². The van der Waals surface area contributed by atoms with Crippen LogP contribution in [-0.2, 0) is 10.0 Å². The van der Waals surface area contributed by atoms with Crippen LogP contribution in [0.25, 0.3) is 0 Å². The van der Waals surface area contributed by atoms with Crippen LogP contribution in [0.2, 0.25) is 0 Å². The van der Waals surface area contributed by atoms with Crippen LogP contribution in [0.15, 0.2) is 0 Å². The van der Waals surface area contributed by atoms with Crippen molar-refractivity contribution in [1.82, 2.24) is 9.62 Å². The van der Waals surface area contributed by atoms with Gasteiger partial charge >= 0.3 is 0 Å². The predicted octanol–water partition coefficient (Wildman–Crippen LogP) is 1.68. The number of sulfonamides is 1. The minimum absolute atomic E-state index is 0.188. The summed E-state index contributed by atoms with van der Waals surface area (Å²) in [6, 6.07) is 0.547. The first kappa shape index (κ1) is 16.9. The Morgan fingerprint density at radius 3 is 1.82 bits per heavy atom. The van der Waals surface area contributed by atoms with Crippen LogP contribution in [0.3, 0.4) is 0 Å². The maximum absolute atomic E-state index is 12.0. The van der Waals surface area contributed by atoms with Crippen molar-refractivity contribution in [3.63, 3.8) is 0 Å². The molecule has 0 saturated carbocycles. The first-order chi connectivity index (χ1) is 7.59. The molecule has 4 nitrogen and oxygen atoms in total. The van der Waals surface area contributed by atoms with Gasteiger partial charge < -0.3 is 5.32 Å².